The third-order valence-corrected chi connectivity index (χ3v) is 3.56. The van der Waals surface area contributed by atoms with Gasteiger partial charge in [-0.05, 0) is 36.1 Å². The van der Waals surface area contributed by atoms with Crippen LogP contribution in [0.2, 0.25) is 0 Å². The first-order valence-corrected chi connectivity index (χ1v) is 8.03. The zero-order chi connectivity index (χ0) is 14.8. The van der Waals surface area contributed by atoms with Crippen molar-refractivity contribution in [3.05, 3.63) is 35.4 Å². The van der Waals surface area contributed by atoms with Crippen molar-refractivity contribution in [1.82, 2.24) is 5.32 Å². The van der Waals surface area contributed by atoms with Crippen molar-refractivity contribution >= 4 is 17.7 Å². The van der Waals surface area contributed by atoms with Gasteiger partial charge in [0, 0.05) is 24.1 Å². The standard InChI is InChI=1S/C16H21NO2S/c1-13(12-20-2)11-17-16(19)15-8-5-7-14(10-15)6-3-4-9-18/h5,7-8,10,13,18H,4,9,11-12H2,1-2H3,(H,17,19). The minimum atomic E-state index is -0.0660. The molecular weight excluding hydrogens is 270 g/mol. The zero-order valence-corrected chi connectivity index (χ0v) is 12.8. The molecule has 20 heavy (non-hydrogen) atoms. The quantitative estimate of drug-likeness (QED) is 0.790. The van der Waals surface area contributed by atoms with Gasteiger partial charge in [-0.15, -0.1) is 0 Å². The summed E-state index contributed by atoms with van der Waals surface area (Å²) in [6, 6.07) is 7.24. The lowest BCUT2D eigenvalue weighted by atomic mass is 10.1. The van der Waals surface area contributed by atoms with E-state index in [4.69, 9.17) is 5.11 Å². The molecule has 2 N–H and O–H groups in total. The molecule has 1 amide bonds. The Balaban J connectivity index is 2.60. The van der Waals surface area contributed by atoms with Gasteiger partial charge in [0.2, 0.25) is 0 Å². The Kier molecular flexibility index (Phi) is 7.86. The van der Waals surface area contributed by atoms with Crippen LogP contribution < -0.4 is 5.32 Å². The third kappa shape index (κ3) is 6.14. The first-order valence-electron chi connectivity index (χ1n) is 6.64. The molecule has 0 saturated heterocycles. The highest BCUT2D eigenvalue weighted by atomic mass is 32.2. The number of aliphatic hydroxyl groups excluding tert-OH is 1. The van der Waals surface area contributed by atoms with Crippen molar-refractivity contribution in [3.63, 3.8) is 0 Å². The van der Waals surface area contributed by atoms with E-state index < -0.39 is 0 Å². The number of thioether (sulfide) groups is 1. The molecule has 0 aliphatic heterocycles. The number of rotatable bonds is 6. The fourth-order valence-electron chi connectivity index (χ4n) is 1.67. The molecule has 0 spiro atoms. The van der Waals surface area contributed by atoms with Crippen LogP contribution >= 0.6 is 11.8 Å². The van der Waals surface area contributed by atoms with E-state index in [0.717, 1.165) is 11.3 Å². The molecule has 0 bridgehead atoms. The van der Waals surface area contributed by atoms with Gasteiger partial charge >= 0.3 is 0 Å². The van der Waals surface area contributed by atoms with E-state index in [0.29, 0.717) is 24.4 Å². The number of aliphatic hydroxyl groups is 1. The fraction of sp³-hybridized carbons (Fsp3) is 0.438. The van der Waals surface area contributed by atoms with E-state index >= 15 is 0 Å². The summed E-state index contributed by atoms with van der Waals surface area (Å²) < 4.78 is 0. The molecule has 1 atom stereocenters. The normalized spacial score (nSPS) is 11.3. The lowest BCUT2D eigenvalue weighted by Gasteiger charge is -2.11. The maximum Gasteiger partial charge on any atom is 0.251 e. The largest absolute Gasteiger partial charge is 0.395 e. The minimum Gasteiger partial charge on any atom is -0.395 e. The summed E-state index contributed by atoms with van der Waals surface area (Å²) in [5.41, 5.74) is 1.42. The van der Waals surface area contributed by atoms with Gasteiger partial charge in [0.25, 0.3) is 5.91 Å². The van der Waals surface area contributed by atoms with Gasteiger partial charge in [0.05, 0.1) is 6.61 Å². The summed E-state index contributed by atoms with van der Waals surface area (Å²) in [4.78, 5) is 12.0. The van der Waals surface area contributed by atoms with Crippen LogP contribution in [0.1, 0.15) is 29.3 Å². The first kappa shape index (κ1) is 16.6. The number of carbonyl (C=O) groups is 1. The molecule has 4 heteroatoms. The molecule has 0 saturated carbocycles. The fourth-order valence-corrected chi connectivity index (χ4v) is 2.36. The Morgan fingerprint density at radius 1 is 1.50 bits per heavy atom. The number of hydrogen-bond donors (Lipinski definition) is 2. The molecule has 3 nitrogen and oxygen atoms in total. The molecule has 0 aliphatic rings. The Morgan fingerprint density at radius 3 is 3.00 bits per heavy atom. The second-order valence-corrected chi connectivity index (χ2v) is 5.54. The van der Waals surface area contributed by atoms with Gasteiger partial charge in [-0.25, -0.2) is 0 Å². The van der Waals surface area contributed by atoms with E-state index in [1.54, 1.807) is 23.9 Å². The van der Waals surface area contributed by atoms with Crippen LogP contribution in [-0.4, -0.2) is 36.2 Å². The summed E-state index contributed by atoms with van der Waals surface area (Å²) in [5.74, 6) is 7.21. The average molecular weight is 291 g/mol. The van der Waals surface area contributed by atoms with Crippen LogP contribution in [0.4, 0.5) is 0 Å². The van der Waals surface area contributed by atoms with Crippen LogP contribution in [0.3, 0.4) is 0 Å². The number of carbonyl (C=O) groups excluding carboxylic acids is 1. The molecule has 0 radical (unpaired) electrons. The predicted molar refractivity (Wildman–Crippen MR) is 84.9 cm³/mol. The van der Waals surface area contributed by atoms with Crippen LogP contribution in [0.5, 0.6) is 0 Å². The van der Waals surface area contributed by atoms with Crippen LogP contribution in [0.25, 0.3) is 0 Å². The molecule has 108 valence electrons. The van der Waals surface area contributed by atoms with Gasteiger partial charge in [-0.3, -0.25) is 4.79 Å². The van der Waals surface area contributed by atoms with Gasteiger partial charge in [-0.2, -0.15) is 11.8 Å². The molecule has 1 aromatic carbocycles. The van der Waals surface area contributed by atoms with Crippen molar-refractivity contribution in [1.29, 1.82) is 0 Å². The van der Waals surface area contributed by atoms with Crippen LogP contribution in [-0.2, 0) is 0 Å². The summed E-state index contributed by atoms with van der Waals surface area (Å²) >= 11 is 1.78. The van der Waals surface area contributed by atoms with Crippen LogP contribution in [0, 0.1) is 17.8 Å². The molecule has 0 fully saturated rings. The van der Waals surface area contributed by atoms with Gasteiger partial charge in [0.15, 0.2) is 0 Å². The van der Waals surface area contributed by atoms with Crippen molar-refractivity contribution in [2.24, 2.45) is 5.92 Å². The SMILES string of the molecule is CSCC(C)CNC(=O)c1cccc(C#CCCO)c1. The molecule has 1 rings (SSSR count). The van der Waals surface area contributed by atoms with Crippen LogP contribution in [0.15, 0.2) is 24.3 Å². The highest BCUT2D eigenvalue weighted by Crippen LogP contribution is 2.06. The first-order chi connectivity index (χ1) is 9.67. The minimum absolute atomic E-state index is 0.0561. The summed E-state index contributed by atoms with van der Waals surface area (Å²) in [6.45, 7) is 2.86. The Morgan fingerprint density at radius 2 is 2.30 bits per heavy atom. The highest BCUT2D eigenvalue weighted by molar-refractivity contribution is 7.98. The van der Waals surface area contributed by atoms with E-state index in [-0.39, 0.29) is 12.5 Å². The van der Waals surface area contributed by atoms with E-state index in [1.165, 1.54) is 0 Å². The number of nitrogens with one attached hydrogen (secondary N) is 1. The maximum atomic E-state index is 12.0. The van der Waals surface area contributed by atoms with Gasteiger partial charge in [0.1, 0.15) is 0 Å². The molecular formula is C16H21NO2S. The zero-order valence-electron chi connectivity index (χ0n) is 12.0. The lowest BCUT2D eigenvalue weighted by Crippen LogP contribution is -2.29. The van der Waals surface area contributed by atoms with Crippen molar-refractivity contribution in [2.75, 3.05) is 25.2 Å². The van der Waals surface area contributed by atoms with E-state index in [9.17, 15) is 4.79 Å². The van der Waals surface area contributed by atoms with Crippen molar-refractivity contribution in [2.45, 2.75) is 13.3 Å². The van der Waals surface area contributed by atoms with E-state index in [1.807, 2.05) is 12.1 Å². The molecule has 0 heterocycles. The summed E-state index contributed by atoms with van der Waals surface area (Å²) in [7, 11) is 0. The summed E-state index contributed by atoms with van der Waals surface area (Å²) in [5, 5.41) is 11.6. The van der Waals surface area contributed by atoms with Gasteiger partial charge in [-0.1, -0.05) is 24.8 Å². The predicted octanol–water partition coefficient (Wildman–Crippen LogP) is 2.15. The van der Waals surface area contributed by atoms with Gasteiger partial charge < -0.3 is 10.4 Å². The lowest BCUT2D eigenvalue weighted by molar-refractivity contribution is 0.0949. The second kappa shape index (κ2) is 9.46. The topological polar surface area (TPSA) is 49.3 Å². The molecule has 0 aliphatic carbocycles. The Labute approximate surface area is 125 Å². The average Bonchev–Trinajstić information content (AvgIpc) is 2.46. The number of benzene rings is 1. The number of hydrogen-bond acceptors (Lipinski definition) is 3. The molecule has 1 unspecified atom stereocenters. The second-order valence-electron chi connectivity index (χ2n) is 4.63. The summed E-state index contributed by atoms with van der Waals surface area (Å²) in [6.07, 6.45) is 2.51. The molecule has 1 aromatic rings. The highest BCUT2D eigenvalue weighted by Gasteiger charge is 2.07. The Bertz CT molecular complexity index is 491. The van der Waals surface area contributed by atoms with E-state index in [2.05, 4.69) is 30.3 Å². The van der Waals surface area contributed by atoms with Crippen molar-refractivity contribution in [3.8, 4) is 11.8 Å². The Hall–Kier alpha value is -1.44. The van der Waals surface area contributed by atoms with Crippen molar-refractivity contribution < 1.29 is 9.90 Å². The smallest absolute Gasteiger partial charge is 0.251 e. The maximum absolute atomic E-state index is 12.0. The molecule has 0 aromatic heterocycles. The monoisotopic (exact) mass is 291 g/mol. The third-order valence-electron chi connectivity index (χ3n) is 2.66. The number of amides is 1.